The molecule has 2 rings (SSSR count). The second kappa shape index (κ2) is 5.98. The summed E-state index contributed by atoms with van der Waals surface area (Å²) in [5, 5.41) is 2.99. The molecule has 1 aromatic carbocycles. The van der Waals surface area contributed by atoms with Gasteiger partial charge in [0, 0.05) is 6.61 Å². The van der Waals surface area contributed by atoms with Crippen LogP contribution in [-0.2, 0) is 9.53 Å². The Bertz CT molecular complexity index is 386. The van der Waals surface area contributed by atoms with Crippen LogP contribution in [0.15, 0.2) is 30.3 Å². The number of benzene rings is 1. The molecule has 1 aliphatic rings. The Morgan fingerprint density at radius 2 is 2.17 bits per heavy atom. The minimum absolute atomic E-state index is 0.0510. The fourth-order valence-corrected chi connectivity index (χ4v) is 2.20. The second-order valence-corrected chi connectivity index (χ2v) is 4.74. The highest BCUT2D eigenvalue weighted by molar-refractivity contribution is 5.81. The van der Waals surface area contributed by atoms with E-state index in [2.05, 4.69) is 5.32 Å². The van der Waals surface area contributed by atoms with Crippen LogP contribution in [0.4, 0.5) is 0 Å². The number of nitrogens with one attached hydrogen (secondary N) is 1. The molecule has 1 aliphatic heterocycles. The Morgan fingerprint density at radius 1 is 1.44 bits per heavy atom. The maximum atomic E-state index is 11.8. The van der Waals surface area contributed by atoms with Gasteiger partial charge in [0.05, 0.1) is 18.2 Å². The molecule has 0 aromatic heterocycles. The summed E-state index contributed by atoms with van der Waals surface area (Å²) in [5.74, 6) is -0.139. The van der Waals surface area contributed by atoms with Crippen molar-refractivity contribution in [1.29, 1.82) is 0 Å². The maximum Gasteiger partial charge on any atom is 0.237 e. The van der Waals surface area contributed by atoms with E-state index < -0.39 is 6.04 Å². The summed E-state index contributed by atoms with van der Waals surface area (Å²) in [4.78, 5) is 11.8. The van der Waals surface area contributed by atoms with Crippen molar-refractivity contribution in [3.05, 3.63) is 35.9 Å². The van der Waals surface area contributed by atoms with Gasteiger partial charge in [-0.2, -0.15) is 0 Å². The van der Waals surface area contributed by atoms with Crippen molar-refractivity contribution in [1.82, 2.24) is 5.32 Å². The summed E-state index contributed by atoms with van der Waals surface area (Å²) >= 11 is 0. The predicted molar refractivity (Wildman–Crippen MR) is 69.9 cm³/mol. The fourth-order valence-electron chi connectivity index (χ4n) is 2.20. The van der Waals surface area contributed by atoms with Crippen LogP contribution in [-0.4, -0.2) is 24.7 Å². The molecule has 1 aromatic rings. The quantitative estimate of drug-likeness (QED) is 0.846. The topological polar surface area (TPSA) is 64.4 Å². The van der Waals surface area contributed by atoms with Crippen LogP contribution in [0.25, 0.3) is 0 Å². The molecule has 0 saturated carbocycles. The van der Waals surface area contributed by atoms with E-state index in [1.165, 1.54) is 0 Å². The first-order valence-corrected chi connectivity index (χ1v) is 6.41. The van der Waals surface area contributed by atoms with E-state index in [0.29, 0.717) is 0 Å². The van der Waals surface area contributed by atoms with Gasteiger partial charge >= 0.3 is 0 Å². The molecule has 0 spiro atoms. The highest BCUT2D eigenvalue weighted by Crippen LogP contribution is 2.26. The Morgan fingerprint density at radius 3 is 2.72 bits per heavy atom. The number of carbonyl (C=O) groups is 1. The van der Waals surface area contributed by atoms with Gasteiger partial charge in [-0.25, -0.2) is 0 Å². The third-order valence-corrected chi connectivity index (χ3v) is 3.21. The molecule has 1 heterocycles. The minimum atomic E-state index is -0.502. The Hall–Kier alpha value is -1.39. The minimum Gasteiger partial charge on any atom is -0.376 e. The van der Waals surface area contributed by atoms with Crippen molar-refractivity contribution >= 4 is 5.91 Å². The largest absolute Gasteiger partial charge is 0.376 e. The molecule has 4 nitrogen and oxygen atoms in total. The molecular weight excluding hydrogens is 228 g/mol. The van der Waals surface area contributed by atoms with Crippen molar-refractivity contribution in [3.63, 3.8) is 0 Å². The van der Waals surface area contributed by atoms with E-state index in [0.717, 1.165) is 25.0 Å². The molecule has 0 aliphatic carbocycles. The highest BCUT2D eigenvalue weighted by atomic mass is 16.5. The maximum absolute atomic E-state index is 11.8. The first-order chi connectivity index (χ1) is 8.68. The molecule has 4 heteroatoms. The van der Waals surface area contributed by atoms with Crippen LogP contribution >= 0.6 is 0 Å². The molecule has 98 valence electrons. The monoisotopic (exact) mass is 248 g/mol. The third-order valence-electron chi connectivity index (χ3n) is 3.21. The van der Waals surface area contributed by atoms with Gasteiger partial charge in [-0.3, -0.25) is 4.79 Å². The molecule has 3 atom stereocenters. The average molecular weight is 248 g/mol. The van der Waals surface area contributed by atoms with Crippen LogP contribution in [0, 0.1) is 0 Å². The van der Waals surface area contributed by atoms with E-state index in [9.17, 15) is 4.79 Å². The molecule has 1 saturated heterocycles. The highest BCUT2D eigenvalue weighted by Gasteiger charge is 2.29. The van der Waals surface area contributed by atoms with Crippen molar-refractivity contribution < 1.29 is 9.53 Å². The van der Waals surface area contributed by atoms with E-state index >= 15 is 0 Å². The number of hydrogen-bond donors (Lipinski definition) is 2. The lowest BCUT2D eigenvalue weighted by Crippen LogP contribution is -2.43. The van der Waals surface area contributed by atoms with Crippen molar-refractivity contribution in [2.75, 3.05) is 6.61 Å². The van der Waals surface area contributed by atoms with E-state index in [4.69, 9.17) is 10.5 Å². The van der Waals surface area contributed by atoms with Gasteiger partial charge in [0.15, 0.2) is 0 Å². The first-order valence-electron chi connectivity index (χ1n) is 6.41. The molecule has 2 unspecified atom stereocenters. The molecule has 0 radical (unpaired) electrons. The second-order valence-electron chi connectivity index (χ2n) is 4.74. The molecule has 0 bridgehead atoms. The third kappa shape index (κ3) is 3.09. The molecular formula is C14H20N2O2. The van der Waals surface area contributed by atoms with Gasteiger partial charge in [0.2, 0.25) is 5.91 Å². The molecule has 1 amide bonds. The zero-order valence-electron chi connectivity index (χ0n) is 10.6. The average Bonchev–Trinajstić information content (AvgIpc) is 2.90. The smallest absolute Gasteiger partial charge is 0.237 e. The Labute approximate surface area is 108 Å². The standard InChI is InChI=1S/C14H20N2O2/c1-10(15)14(17)16-13(12-8-5-9-18-12)11-6-3-2-4-7-11/h2-4,6-7,10,12-13H,5,8-9,15H2,1H3,(H,16,17)/t10-,12?,13?/m1/s1. The SMILES string of the molecule is C[C@@H](N)C(=O)NC(c1ccccc1)C1CCCO1. The number of hydrogen-bond acceptors (Lipinski definition) is 3. The van der Waals surface area contributed by atoms with Gasteiger partial charge in [-0.05, 0) is 25.3 Å². The van der Waals surface area contributed by atoms with E-state index in [-0.39, 0.29) is 18.1 Å². The summed E-state index contributed by atoms with van der Waals surface area (Å²) in [6, 6.07) is 9.31. The fraction of sp³-hybridized carbons (Fsp3) is 0.500. The van der Waals surface area contributed by atoms with Gasteiger partial charge in [0.1, 0.15) is 0 Å². The van der Waals surface area contributed by atoms with Crippen molar-refractivity contribution in [2.45, 2.75) is 38.0 Å². The summed E-state index contributed by atoms with van der Waals surface area (Å²) in [6.45, 7) is 2.45. The molecule has 1 fully saturated rings. The number of nitrogens with two attached hydrogens (primary N) is 1. The molecule has 18 heavy (non-hydrogen) atoms. The summed E-state index contributed by atoms with van der Waals surface area (Å²) in [7, 11) is 0. The van der Waals surface area contributed by atoms with Crippen LogP contribution in [0.5, 0.6) is 0 Å². The molecule has 3 N–H and O–H groups in total. The van der Waals surface area contributed by atoms with E-state index in [1.54, 1.807) is 6.92 Å². The Balaban J connectivity index is 2.15. The lowest BCUT2D eigenvalue weighted by Gasteiger charge is -2.25. The van der Waals surface area contributed by atoms with Gasteiger partial charge < -0.3 is 15.8 Å². The van der Waals surface area contributed by atoms with Gasteiger partial charge in [-0.15, -0.1) is 0 Å². The summed E-state index contributed by atoms with van der Waals surface area (Å²) in [5.41, 5.74) is 6.68. The lowest BCUT2D eigenvalue weighted by molar-refractivity contribution is -0.123. The summed E-state index contributed by atoms with van der Waals surface area (Å²) in [6.07, 6.45) is 2.07. The predicted octanol–water partition coefficient (Wildman–Crippen LogP) is 1.37. The van der Waals surface area contributed by atoms with Crippen LogP contribution in [0.1, 0.15) is 31.4 Å². The van der Waals surface area contributed by atoms with Crippen LogP contribution in [0.3, 0.4) is 0 Å². The van der Waals surface area contributed by atoms with Crippen molar-refractivity contribution in [2.24, 2.45) is 5.73 Å². The van der Waals surface area contributed by atoms with Crippen molar-refractivity contribution in [3.8, 4) is 0 Å². The Kier molecular flexibility index (Phi) is 4.33. The lowest BCUT2D eigenvalue weighted by atomic mass is 9.99. The normalized spacial score (nSPS) is 22.4. The van der Waals surface area contributed by atoms with Crippen LogP contribution in [0.2, 0.25) is 0 Å². The first kappa shape index (κ1) is 13.1. The van der Waals surface area contributed by atoms with Gasteiger partial charge in [0.25, 0.3) is 0 Å². The van der Waals surface area contributed by atoms with E-state index in [1.807, 2.05) is 30.3 Å². The van der Waals surface area contributed by atoms with Crippen LogP contribution < -0.4 is 11.1 Å². The van der Waals surface area contributed by atoms with Gasteiger partial charge in [-0.1, -0.05) is 30.3 Å². The number of ether oxygens (including phenoxy) is 1. The number of carbonyl (C=O) groups excluding carboxylic acids is 1. The summed E-state index contributed by atoms with van der Waals surface area (Å²) < 4.78 is 5.69. The zero-order valence-corrected chi connectivity index (χ0v) is 10.6. The number of amides is 1. The zero-order chi connectivity index (χ0) is 13.0. The number of rotatable bonds is 4.